The Morgan fingerprint density at radius 1 is 1.35 bits per heavy atom. The van der Waals surface area contributed by atoms with Crippen molar-refractivity contribution in [1.29, 1.82) is 0 Å². The minimum atomic E-state index is -0.184. The standard InChI is InChI=1S/C13H16BrNO2/c1-7-8(2)13-9(5-10(7)14)12(16)11(6-17-13)15(3)4/h5,11H,6H2,1-4H3/t11-/m0/s1. The highest BCUT2D eigenvalue weighted by Crippen LogP contribution is 2.35. The van der Waals surface area contributed by atoms with Gasteiger partial charge in [0.2, 0.25) is 0 Å². The largest absolute Gasteiger partial charge is 0.490 e. The molecule has 17 heavy (non-hydrogen) atoms. The summed E-state index contributed by atoms with van der Waals surface area (Å²) < 4.78 is 6.71. The monoisotopic (exact) mass is 297 g/mol. The molecule has 1 atom stereocenters. The van der Waals surface area contributed by atoms with Gasteiger partial charge in [0.15, 0.2) is 5.78 Å². The fourth-order valence-electron chi connectivity index (χ4n) is 2.02. The zero-order valence-electron chi connectivity index (χ0n) is 10.5. The average molecular weight is 298 g/mol. The molecule has 0 fully saturated rings. The lowest BCUT2D eigenvalue weighted by Gasteiger charge is -2.30. The smallest absolute Gasteiger partial charge is 0.187 e. The highest BCUT2D eigenvalue weighted by Gasteiger charge is 2.32. The van der Waals surface area contributed by atoms with Crippen molar-refractivity contribution in [1.82, 2.24) is 4.90 Å². The van der Waals surface area contributed by atoms with Crippen LogP contribution in [0.3, 0.4) is 0 Å². The van der Waals surface area contributed by atoms with E-state index in [0.29, 0.717) is 12.2 Å². The molecule has 0 bridgehead atoms. The quantitative estimate of drug-likeness (QED) is 0.798. The molecule has 0 N–H and O–H groups in total. The van der Waals surface area contributed by atoms with Gasteiger partial charge < -0.3 is 4.74 Å². The van der Waals surface area contributed by atoms with Gasteiger partial charge in [-0.3, -0.25) is 9.69 Å². The number of halogens is 1. The lowest BCUT2D eigenvalue weighted by molar-refractivity contribution is 0.0760. The maximum Gasteiger partial charge on any atom is 0.187 e. The molecule has 0 amide bonds. The van der Waals surface area contributed by atoms with E-state index < -0.39 is 0 Å². The van der Waals surface area contributed by atoms with Gasteiger partial charge in [-0.1, -0.05) is 15.9 Å². The molecule has 1 aliphatic rings. The van der Waals surface area contributed by atoms with Crippen LogP contribution in [0.4, 0.5) is 0 Å². The van der Waals surface area contributed by atoms with E-state index in [-0.39, 0.29) is 11.8 Å². The van der Waals surface area contributed by atoms with Crippen LogP contribution in [0.2, 0.25) is 0 Å². The maximum atomic E-state index is 12.3. The van der Waals surface area contributed by atoms with Gasteiger partial charge in [-0.2, -0.15) is 0 Å². The zero-order chi connectivity index (χ0) is 12.7. The fraction of sp³-hybridized carbons (Fsp3) is 0.462. The van der Waals surface area contributed by atoms with Crippen molar-refractivity contribution in [2.24, 2.45) is 0 Å². The number of Topliss-reactive ketones (excluding diaryl/α,β-unsaturated/α-hetero) is 1. The van der Waals surface area contributed by atoms with E-state index in [1.807, 2.05) is 38.9 Å². The molecule has 1 aliphatic heterocycles. The van der Waals surface area contributed by atoms with Crippen molar-refractivity contribution in [3.63, 3.8) is 0 Å². The van der Waals surface area contributed by atoms with Crippen LogP contribution in [0, 0.1) is 13.8 Å². The summed E-state index contributed by atoms with van der Waals surface area (Å²) in [6.45, 7) is 4.44. The Morgan fingerprint density at radius 2 is 2.00 bits per heavy atom. The van der Waals surface area contributed by atoms with E-state index in [2.05, 4.69) is 15.9 Å². The number of likely N-dealkylation sites (N-methyl/N-ethyl adjacent to an activating group) is 1. The molecule has 1 aromatic rings. The lowest BCUT2D eigenvalue weighted by atomic mass is 9.95. The first-order chi connectivity index (χ1) is 7.93. The van der Waals surface area contributed by atoms with Gasteiger partial charge in [-0.25, -0.2) is 0 Å². The molecule has 4 heteroatoms. The SMILES string of the molecule is Cc1c(Br)cc2c(c1C)OC[C@H](N(C)C)C2=O. The van der Waals surface area contributed by atoms with Gasteiger partial charge in [-0.15, -0.1) is 0 Å². The summed E-state index contributed by atoms with van der Waals surface area (Å²) in [6, 6.07) is 1.69. The third-order valence-electron chi connectivity index (χ3n) is 3.35. The second kappa shape index (κ2) is 4.42. The topological polar surface area (TPSA) is 29.5 Å². The number of ketones is 1. The van der Waals surface area contributed by atoms with Crippen LogP contribution in [0.15, 0.2) is 10.5 Å². The summed E-state index contributed by atoms with van der Waals surface area (Å²) >= 11 is 3.49. The number of benzene rings is 1. The number of carbonyl (C=O) groups excluding carboxylic acids is 1. The number of carbonyl (C=O) groups is 1. The van der Waals surface area contributed by atoms with Crippen molar-refractivity contribution in [2.75, 3.05) is 20.7 Å². The van der Waals surface area contributed by atoms with Crippen molar-refractivity contribution < 1.29 is 9.53 Å². The third-order valence-corrected chi connectivity index (χ3v) is 4.18. The van der Waals surface area contributed by atoms with E-state index >= 15 is 0 Å². The van der Waals surface area contributed by atoms with Gasteiger partial charge in [0, 0.05) is 4.47 Å². The van der Waals surface area contributed by atoms with Crippen LogP contribution >= 0.6 is 15.9 Å². The fourth-order valence-corrected chi connectivity index (χ4v) is 2.55. The summed E-state index contributed by atoms with van der Waals surface area (Å²) in [5, 5.41) is 0. The van der Waals surface area contributed by atoms with E-state index in [9.17, 15) is 4.79 Å². The number of rotatable bonds is 1. The van der Waals surface area contributed by atoms with Gasteiger partial charge in [0.25, 0.3) is 0 Å². The molecule has 1 heterocycles. The van der Waals surface area contributed by atoms with Crippen molar-refractivity contribution in [3.8, 4) is 5.75 Å². The second-order valence-electron chi connectivity index (χ2n) is 4.64. The molecule has 0 unspecified atom stereocenters. The van der Waals surface area contributed by atoms with Gasteiger partial charge in [0.05, 0.1) is 5.56 Å². The molecule has 1 aromatic carbocycles. The summed E-state index contributed by atoms with van der Waals surface area (Å²) in [5.41, 5.74) is 2.85. The van der Waals surface area contributed by atoms with Crippen molar-refractivity contribution in [2.45, 2.75) is 19.9 Å². The lowest BCUT2D eigenvalue weighted by Crippen LogP contribution is -2.43. The third kappa shape index (κ3) is 2.00. The van der Waals surface area contributed by atoms with E-state index in [1.165, 1.54) is 0 Å². The van der Waals surface area contributed by atoms with E-state index in [1.54, 1.807) is 0 Å². The molecule has 0 saturated heterocycles. The van der Waals surface area contributed by atoms with Crippen molar-refractivity contribution in [3.05, 3.63) is 27.2 Å². The minimum Gasteiger partial charge on any atom is -0.490 e. The Kier molecular flexibility index (Phi) is 3.27. The van der Waals surface area contributed by atoms with Gasteiger partial charge in [0.1, 0.15) is 18.4 Å². The minimum absolute atomic E-state index is 0.139. The Morgan fingerprint density at radius 3 is 2.59 bits per heavy atom. The van der Waals surface area contributed by atoms with E-state index in [0.717, 1.165) is 21.3 Å². The zero-order valence-corrected chi connectivity index (χ0v) is 12.1. The Balaban J connectivity index is 2.54. The van der Waals surface area contributed by atoms with Crippen LogP contribution < -0.4 is 4.74 Å². The van der Waals surface area contributed by atoms with Crippen LogP contribution in [0.5, 0.6) is 5.75 Å². The number of hydrogen-bond donors (Lipinski definition) is 0. The Hall–Kier alpha value is -0.870. The molecule has 0 aromatic heterocycles. The van der Waals surface area contributed by atoms with E-state index in [4.69, 9.17) is 4.74 Å². The van der Waals surface area contributed by atoms with Crippen molar-refractivity contribution >= 4 is 21.7 Å². The molecular weight excluding hydrogens is 282 g/mol. The second-order valence-corrected chi connectivity index (χ2v) is 5.49. The summed E-state index contributed by atoms with van der Waals surface area (Å²) in [7, 11) is 3.79. The number of ether oxygens (including phenoxy) is 1. The molecule has 0 spiro atoms. The average Bonchev–Trinajstić information content (AvgIpc) is 2.27. The van der Waals surface area contributed by atoms with Crippen LogP contribution in [0.25, 0.3) is 0 Å². The van der Waals surface area contributed by atoms with Gasteiger partial charge >= 0.3 is 0 Å². The number of hydrogen-bond acceptors (Lipinski definition) is 3. The number of fused-ring (bicyclic) bond motifs is 1. The first-order valence-corrected chi connectivity index (χ1v) is 6.36. The van der Waals surface area contributed by atoms with Gasteiger partial charge in [-0.05, 0) is 45.1 Å². The highest BCUT2D eigenvalue weighted by atomic mass is 79.9. The molecule has 0 radical (unpaired) electrons. The Labute approximate surface area is 110 Å². The first kappa shape index (κ1) is 12.6. The van der Waals surface area contributed by atoms with Crippen LogP contribution in [-0.4, -0.2) is 37.4 Å². The predicted molar refractivity (Wildman–Crippen MR) is 70.9 cm³/mol. The molecule has 92 valence electrons. The molecule has 3 nitrogen and oxygen atoms in total. The molecule has 0 aliphatic carbocycles. The molecule has 2 rings (SSSR count). The first-order valence-electron chi connectivity index (χ1n) is 5.56. The summed E-state index contributed by atoms with van der Waals surface area (Å²) in [6.07, 6.45) is 0. The highest BCUT2D eigenvalue weighted by molar-refractivity contribution is 9.10. The number of nitrogens with zero attached hydrogens (tertiary/aromatic N) is 1. The predicted octanol–water partition coefficient (Wildman–Crippen LogP) is 2.57. The Bertz CT molecular complexity index is 483. The molecular formula is C13H16BrNO2. The van der Waals surface area contributed by atoms with Crippen LogP contribution in [-0.2, 0) is 0 Å². The maximum absolute atomic E-state index is 12.3. The normalized spacial score (nSPS) is 19.2. The molecule has 0 saturated carbocycles. The summed E-state index contributed by atoms with van der Waals surface area (Å²) in [5.74, 6) is 0.883. The summed E-state index contributed by atoms with van der Waals surface area (Å²) in [4.78, 5) is 14.2. The van der Waals surface area contributed by atoms with Crippen LogP contribution in [0.1, 0.15) is 21.5 Å².